The number of rotatable bonds is 36. The Kier molecular flexibility index (Phi) is 26.1. The van der Waals surface area contributed by atoms with Gasteiger partial charge in [0.15, 0.2) is 12.0 Å². The molecule has 0 radical (unpaired) electrons. The molecule has 40 heteroatoms. The first kappa shape index (κ1) is 69.8. The van der Waals surface area contributed by atoms with E-state index >= 15 is 0 Å². The Morgan fingerprint density at radius 3 is 2.47 bits per heavy atom. The van der Waals surface area contributed by atoms with Gasteiger partial charge in [-0.15, -0.1) is 11.3 Å². The van der Waals surface area contributed by atoms with Crippen molar-refractivity contribution in [2.45, 2.75) is 88.9 Å². The first-order valence-electron chi connectivity index (χ1n) is 26.0. The number of aromatic nitrogens is 3. The second-order valence-corrected chi connectivity index (χ2v) is 25.6. The van der Waals surface area contributed by atoms with Gasteiger partial charge in [-0.05, 0) is 60.7 Å². The molecule has 2 aromatic carbocycles. The Morgan fingerprint density at radius 2 is 1.73 bits per heavy atom. The van der Waals surface area contributed by atoms with Gasteiger partial charge in [-0.1, -0.05) is 53.5 Å². The van der Waals surface area contributed by atoms with Gasteiger partial charge >= 0.3 is 34.8 Å². The second kappa shape index (κ2) is 32.8. The monoisotopic (exact) mass is 1330 g/mol. The van der Waals surface area contributed by atoms with E-state index in [1.807, 2.05) is 0 Å². The summed E-state index contributed by atoms with van der Waals surface area (Å²) in [6.07, 6.45) is 0.153. The van der Waals surface area contributed by atoms with Crippen molar-refractivity contribution < 1.29 is 97.1 Å². The van der Waals surface area contributed by atoms with E-state index < -0.39 is 95.4 Å². The maximum Gasteiger partial charge on any atom is 0.490 e. The zero-order valence-electron chi connectivity index (χ0n) is 45.9. The van der Waals surface area contributed by atoms with Crippen LogP contribution in [0.4, 0.5) is 11.5 Å². The highest BCUT2D eigenvalue weighted by molar-refractivity contribution is 7.85. The molecule has 474 valence electrons. The number of anilines is 2. The summed E-state index contributed by atoms with van der Waals surface area (Å²) in [5.74, 6) is 3.91. The van der Waals surface area contributed by atoms with Gasteiger partial charge in [0.1, 0.15) is 60.2 Å². The SMILES string of the molecule is [N-]=[N+]=NCOC1CC(n2cc(C#CCNC(=O)COC(COc3cccc(C(=O)CCCCCCCC(=O)Cc4csc(-c5cc6ccc(NCCCS(=O)(=O)O)cc6oc5=O)n4)c3)N=[N+]=[N-])c(N)nc2=O)OC1COP(=O)(O)OP(=O)(O)OP(=O)(O)O. The van der Waals surface area contributed by atoms with E-state index in [-0.39, 0.29) is 85.4 Å². The fraction of sp³-hybridized carbons (Fsp3) is 0.438. The molecule has 0 saturated carbocycles. The number of hydrogen-bond donors (Lipinski definition) is 8. The lowest BCUT2D eigenvalue weighted by molar-refractivity contribution is -0.128. The summed E-state index contributed by atoms with van der Waals surface area (Å²) in [5, 5.41) is 15.0. The minimum atomic E-state index is -5.86. The van der Waals surface area contributed by atoms with Crippen molar-refractivity contribution in [3.63, 3.8) is 0 Å². The van der Waals surface area contributed by atoms with Crippen molar-refractivity contribution in [1.82, 2.24) is 19.9 Å². The van der Waals surface area contributed by atoms with E-state index in [0.717, 1.165) is 30.0 Å². The van der Waals surface area contributed by atoms with Crippen LogP contribution in [0.1, 0.15) is 85.6 Å². The maximum atomic E-state index is 13.1. The highest BCUT2D eigenvalue weighted by Crippen LogP contribution is 2.66. The summed E-state index contributed by atoms with van der Waals surface area (Å²) in [5.41, 5.74) is 24.1. The van der Waals surface area contributed by atoms with Gasteiger partial charge in [-0.3, -0.25) is 28.0 Å². The van der Waals surface area contributed by atoms with Crippen molar-refractivity contribution in [2.75, 3.05) is 56.4 Å². The normalized spacial score (nSPS) is 16.6. The number of azide groups is 2. The number of nitrogens with one attached hydrogen (secondary N) is 2. The van der Waals surface area contributed by atoms with Crippen molar-refractivity contribution in [1.29, 1.82) is 0 Å². The molecule has 1 aliphatic rings. The van der Waals surface area contributed by atoms with E-state index in [1.54, 1.807) is 47.8 Å². The lowest BCUT2D eigenvalue weighted by Gasteiger charge is -2.21. The van der Waals surface area contributed by atoms with Crippen LogP contribution in [0.25, 0.3) is 42.4 Å². The van der Waals surface area contributed by atoms with Crippen molar-refractivity contribution in [2.24, 2.45) is 10.2 Å². The summed E-state index contributed by atoms with van der Waals surface area (Å²) < 4.78 is 107. The third kappa shape index (κ3) is 23.7. The second-order valence-electron chi connectivity index (χ2n) is 18.8. The fourth-order valence-electron chi connectivity index (χ4n) is 8.15. The lowest BCUT2D eigenvalue weighted by Crippen LogP contribution is -2.31. The smallest absolute Gasteiger partial charge is 0.490 e. The number of nitrogen functional groups attached to an aromatic ring is 1. The van der Waals surface area contributed by atoms with Crippen LogP contribution >= 0.6 is 34.8 Å². The number of thiazole rings is 1. The number of phosphoric ester groups is 1. The molecule has 6 rings (SSSR count). The standard InChI is InChI=1S/C48H57N12O23P3S2/c49-45-32(24-60(48(65)56-45)44-23-40(78-29-54-58-50)41(80-44)25-79-85(69,70)83-86(71,72)82-84(66,67)68)10-7-16-53-42(63)26-77-43(57-59-51)27-76-36-12-6-9-30(19-36)38(62)13-5-3-1-2-4-11-35(61)21-34-28-87-46(55-34)37-20-31-14-15-33(22-39(31)81-47(37)64)52-17-8-18-88(73,74)75/h6,9,12,14-15,19-20,22,24,28,40-41,43-44,52H,1-5,8,11,13,16-18,21,23,25-27,29H2,(H,53,63)(H,69,70)(H,71,72)(H2,49,56,65)(H2,66,67,68)(H,73,74,75). The number of hydrogen-bond acceptors (Lipinski definition) is 25. The maximum absolute atomic E-state index is 13.1. The number of ether oxygens (including phenoxy) is 4. The molecule has 3 aromatic heterocycles. The van der Waals surface area contributed by atoms with E-state index in [0.29, 0.717) is 52.2 Å². The van der Waals surface area contributed by atoms with Gasteiger partial charge in [0.2, 0.25) is 5.91 Å². The molecule has 9 N–H and O–H groups in total. The van der Waals surface area contributed by atoms with Crippen molar-refractivity contribution in [3.05, 3.63) is 119 Å². The predicted molar refractivity (Wildman–Crippen MR) is 309 cm³/mol. The van der Waals surface area contributed by atoms with E-state index in [4.69, 9.17) is 54.5 Å². The van der Waals surface area contributed by atoms with E-state index in [1.165, 1.54) is 17.4 Å². The molecule has 0 spiro atoms. The molecule has 6 atom stereocenters. The molecule has 0 aliphatic carbocycles. The van der Waals surface area contributed by atoms with Crippen LogP contribution in [-0.4, -0.2) is 128 Å². The molecular weight excluding hydrogens is 1270 g/mol. The predicted octanol–water partition coefficient (Wildman–Crippen LogP) is 5.95. The molecule has 88 heavy (non-hydrogen) atoms. The minimum absolute atomic E-state index is 0.00671. The molecule has 1 saturated heterocycles. The Balaban J connectivity index is 0.880. The van der Waals surface area contributed by atoms with Crippen LogP contribution in [0.5, 0.6) is 5.75 Å². The van der Waals surface area contributed by atoms with Crippen molar-refractivity contribution >= 4 is 84.9 Å². The Morgan fingerprint density at radius 1 is 0.966 bits per heavy atom. The number of carbonyl (C=O) groups excluding carboxylic acids is 3. The molecule has 0 bridgehead atoms. The minimum Gasteiger partial charge on any atom is -0.491 e. The Bertz CT molecular complexity index is 3880. The summed E-state index contributed by atoms with van der Waals surface area (Å²) in [7, 11) is -21.2. The lowest BCUT2D eigenvalue weighted by atomic mass is 10.0. The van der Waals surface area contributed by atoms with Gasteiger partial charge in [0.05, 0.1) is 41.8 Å². The van der Waals surface area contributed by atoms with Gasteiger partial charge in [-0.25, -0.2) is 28.3 Å². The van der Waals surface area contributed by atoms with Crippen LogP contribution in [0.2, 0.25) is 0 Å². The molecule has 1 amide bonds. The molecule has 1 aliphatic heterocycles. The number of unbranched alkanes of at least 4 members (excludes halogenated alkanes) is 4. The number of nitrogens with two attached hydrogens (primary N) is 1. The largest absolute Gasteiger partial charge is 0.491 e. The fourth-order valence-corrected chi connectivity index (χ4v) is 12.5. The number of ketones is 2. The molecule has 6 unspecified atom stereocenters. The van der Waals surface area contributed by atoms with Gasteiger partial charge in [-0.2, -0.15) is 22.0 Å². The molecule has 5 aromatic rings. The van der Waals surface area contributed by atoms with Crippen LogP contribution in [0, 0.1) is 11.8 Å². The number of amides is 1. The molecule has 1 fully saturated rings. The van der Waals surface area contributed by atoms with E-state index in [2.05, 4.69) is 65.6 Å². The van der Waals surface area contributed by atoms with Crippen molar-refractivity contribution in [3.8, 4) is 28.2 Å². The van der Waals surface area contributed by atoms with Crippen LogP contribution in [0.15, 0.2) is 84.3 Å². The first-order chi connectivity index (χ1) is 41.7. The van der Waals surface area contributed by atoms with Crippen LogP contribution in [0.3, 0.4) is 0 Å². The Labute approximate surface area is 502 Å². The number of phosphoric acid groups is 3. The average Bonchev–Trinajstić information content (AvgIpc) is 3.85. The number of carbonyl (C=O) groups is 3. The highest BCUT2D eigenvalue weighted by Gasteiger charge is 2.44. The number of nitrogens with zero attached hydrogens (tertiary/aromatic N) is 9. The summed E-state index contributed by atoms with van der Waals surface area (Å²) in [6.45, 7) is -2.58. The zero-order chi connectivity index (χ0) is 64.1. The first-order valence-corrected chi connectivity index (χ1v) is 33.1. The topological polar surface area (TPSA) is 528 Å². The summed E-state index contributed by atoms with van der Waals surface area (Å²) in [4.78, 5) is 115. The molecule has 35 nitrogen and oxygen atoms in total. The number of fused-ring (bicyclic) bond motifs is 1. The van der Waals surface area contributed by atoms with E-state index in [9.17, 15) is 55.9 Å². The summed E-state index contributed by atoms with van der Waals surface area (Å²) >= 11 is 1.22. The van der Waals surface area contributed by atoms with Crippen LogP contribution in [-0.2, 0) is 67.2 Å². The quantitative estimate of drug-likeness (QED) is 0.00264. The van der Waals surface area contributed by atoms with Gasteiger partial charge < -0.3 is 59.3 Å². The summed E-state index contributed by atoms with van der Waals surface area (Å²) in [6, 6.07) is 13.1. The van der Waals surface area contributed by atoms with Gasteiger partial charge in [0.25, 0.3) is 10.1 Å². The highest BCUT2D eigenvalue weighted by atomic mass is 32.2. The molecular formula is C48H57N12O23P3S2. The zero-order valence-corrected chi connectivity index (χ0v) is 50.3. The number of Topliss-reactive ketones (excluding diaryl/α,β-unsaturated/α-hetero) is 2. The third-order valence-corrected chi connectivity index (χ3v) is 17.6. The third-order valence-electron chi connectivity index (χ3n) is 12.1. The average molecular weight is 1330 g/mol. The molecule has 4 heterocycles. The Hall–Kier alpha value is -7.25. The van der Waals surface area contributed by atoms with Crippen LogP contribution < -0.4 is 32.4 Å². The number of benzene rings is 2. The van der Waals surface area contributed by atoms with Gasteiger partial charge in [0, 0.05) is 76.3 Å².